The summed E-state index contributed by atoms with van der Waals surface area (Å²) in [4.78, 5) is 22.6. The number of non-ortho nitro benzene ring substituents is 1. The molecule has 0 bridgehead atoms. The molecule has 10 heteroatoms. The van der Waals surface area contributed by atoms with Crippen molar-refractivity contribution in [2.75, 3.05) is 5.32 Å². The van der Waals surface area contributed by atoms with Gasteiger partial charge in [-0.3, -0.25) is 20.2 Å². The number of carbonyl (C=O) groups is 1. The second kappa shape index (κ2) is 7.59. The molecule has 0 fully saturated rings. The molecule has 0 aliphatic carbocycles. The molecule has 1 aromatic carbocycles. The molecule has 0 aliphatic rings. The zero-order valence-corrected chi connectivity index (χ0v) is 14.7. The fourth-order valence-electron chi connectivity index (χ4n) is 2.25. The largest absolute Gasteiger partial charge is 0.457 e. The lowest BCUT2D eigenvalue weighted by atomic mass is 10.1. The Labute approximate surface area is 156 Å². The van der Waals surface area contributed by atoms with Gasteiger partial charge in [0.1, 0.15) is 28.7 Å². The number of amides is 1. The highest BCUT2D eigenvalue weighted by atomic mass is 32.1. The van der Waals surface area contributed by atoms with Crippen LogP contribution in [0.3, 0.4) is 0 Å². The summed E-state index contributed by atoms with van der Waals surface area (Å²) in [5, 5.41) is 30.2. The molecule has 3 rings (SSSR count). The van der Waals surface area contributed by atoms with E-state index in [1.54, 1.807) is 31.2 Å². The Bertz CT molecular complexity index is 1080. The maximum Gasteiger partial charge on any atom is 0.270 e. The number of anilines is 1. The molecule has 2 aromatic heterocycles. The lowest BCUT2D eigenvalue weighted by molar-refractivity contribution is -0.384. The van der Waals surface area contributed by atoms with E-state index in [9.17, 15) is 20.2 Å². The lowest BCUT2D eigenvalue weighted by Crippen LogP contribution is -2.13. The van der Waals surface area contributed by atoms with Gasteiger partial charge in [0, 0.05) is 23.8 Å². The van der Waals surface area contributed by atoms with E-state index in [4.69, 9.17) is 4.42 Å². The third kappa shape index (κ3) is 4.05. The van der Waals surface area contributed by atoms with E-state index in [1.165, 1.54) is 23.7 Å². The maximum atomic E-state index is 12.1. The van der Waals surface area contributed by atoms with Crippen molar-refractivity contribution < 1.29 is 14.1 Å². The summed E-state index contributed by atoms with van der Waals surface area (Å²) < 4.78 is 5.65. The van der Waals surface area contributed by atoms with Crippen LogP contribution >= 0.6 is 11.3 Å². The molecule has 27 heavy (non-hydrogen) atoms. The number of nitro benzene ring substituents is 1. The second-order valence-electron chi connectivity index (χ2n) is 5.33. The number of benzene rings is 1. The van der Waals surface area contributed by atoms with Gasteiger partial charge in [-0.25, -0.2) is 0 Å². The van der Waals surface area contributed by atoms with Crippen molar-refractivity contribution in [2.45, 2.75) is 6.92 Å². The molecule has 0 spiro atoms. The predicted molar refractivity (Wildman–Crippen MR) is 97.7 cm³/mol. The number of hydrogen-bond donors (Lipinski definition) is 1. The summed E-state index contributed by atoms with van der Waals surface area (Å²) in [5.41, 5.74) is 2.56. The van der Waals surface area contributed by atoms with E-state index in [0.29, 0.717) is 11.3 Å². The molecule has 3 aromatic rings. The van der Waals surface area contributed by atoms with Gasteiger partial charge in [-0.05, 0) is 24.6 Å². The quantitative estimate of drug-likeness (QED) is 0.309. The second-order valence-corrected chi connectivity index (χ2v) is 6.16. The third-order valence-corrected chi connectivity index (χ3v) is 4.16. The first-order chi connectivity index (χ1) is 13.0. The number of nitrogens with one attached hydrogen (secondary N) is 1. The number of nitriles is 1. The average Bonchev–Trinajstić information content (AvgIpc) is 3.31. The fraction of sp³-hybridized carbons (Fsp3) is 0.0588. The SMILES string of the molecule is Cc1ccc([N+](=O)[O-])cc1-c1ccc(/C=C(/C#N)C(=O)Nc2nncs2)o1. The minimum atomic E-state index is -0.640. The Morgan fingerprint density at radius 2 is 2.22 bits per heavy atom. The van der Waals surface area contributed by atoms with Crippen molar-refractivity contribution in [1.29, 1.82) is 5.26 Å². The number of rotatable bonds is 5. The maximum absolute atomic E-state index is 12.1. The van der Waals surface area contributed by atoms with Gasteiger partial charge < -0.3 is 4.42 Å². The molecule has 134 valence electrons. The monoisotopic (exact) mass is 381 g/mol. The molecule has 9 nitrogen and oxygen atoms in total. The topological polar surface area (TPSA) is 135 Å². The van der Waals surface area contributed by atoms with Gasteiger partial charge in [0.25, 0.3) is 11.6 Å². The summed E-state index contributed by atoms with van der Waals surface area (Å²) in [6, 6.07) is 9.45. The Morgan fingerprint density at radius 3 is 2.89 bits per heavy atom. The highest BCUT2D eigenvalue weighted by Gasteiger charge is 2.15. The normalized spacial score (nSPS) is 11.0. The first-order valence-corrected chi connectivity index (χ1v) is 8.40. The Hall–Kier alpha value is -3.84. The van der Waals surface area contributed by atoms with Gasteiger partial charge in [0.05, 0.1) is 4.92 Å². The standard InChI is InChI=1S/C17H11N5O4S/c1-10-2-3-12(22(24)25)7-14(10)15-5-4-13(26-15)6-11(8-18)16(23)20-17-21-19-9-27-17/h2-7,9H,1H3,(H,20,21,23)/b11-6-. The zero-order valence-electron chi connectivity index (χ0n) is 13.9. The van der Waals surface area contributed by atoms with Gasteiger partial charge in [-0.15, -0.1) is 10.2 Å². The van der Waals surface area contributed by atoms with Gasteiger partial charge in [0.2, 0.25) is 5.13 Å². The zero-order chi connectivity index (χ0) is 19.4. The van der Waals surface area contributed by atoms with Gasteiger partial charge in [0.15, 0.2) is 0 Å². The Kier molecular flexibility index (Phi) is 5.05. The molecule has 0 saturated heterocycles. The summed E-state index contributed by atoms with van der Waals surface area (Å²) >= 11 is 1.12. The van der Waals surface area contributed by atoms with Gasteiger partial charge in [-0.1, -0.05) is 17.4 Å². The van der Waals surface area contributed by atoms with Crippen molar-refractivity contribution >= 4 is 34.1 Å². The summed E-state index contributed by atoms with van der Waals surface area (Å²) in [6.07, 6.45) is 1.28. The van der Waals surface area contributed by atoms with Crippen molar-refractivity contribution in [1.82, 2.24) is 10.2 Å². The van der Waals surface area contributed by atoms with Crippen molar-refractivity contribution in [3.63, 3.8) is 0 Å². The van der Waals surface area contributed by atoms with E-state index in [-0.39, 0.29) is 22.2 Å². The number of aryl methyl sites for hydroxylation is 1. The predicted octanol–water partition coefficient (Wildman–Crippen LogP) is 3.56. The van der Waals surface area contributed by atoms with Crippen molar-refractivity contribution in [3.8, 4) is 17.4 Å². The molecule has 0 atom stereocenters. The lowest BCUT2D eigenvalue weighted by Gasteiger charge is -2.02. The van der Waals surface area contributed by atoms with Crippen LogP contribution in [0.4, 0.5) is 10.8 Å². The summed E-state index contributed by atoms with van der Waals surface area (Å²) in [7, 11) is 0. The van der Waals surface area contributed by atoms with Crippen LogP contribution in [-0.4, -0.2) is 21.0 Å². The molecule has 1 amide bonds. The molecule has 1 N–H and O–H groups in total. The smallest absolute Gasteiger partial charge is 0.270 e. The summed E-state index contributed by atoms with van der Waals surface area (Å²) in [6.45, 7) is 1.80. The van der Waals surface area contributed by atoms with Crippen molar-refractivity contribution in [3.05, 3.63) is 62.9 Å². The minimum absolute atomic E-state index is 0.0572. The first kappa shape index (κ1) is 18.0. The average molecular weight is 381 g/mol. The highest BCUT2D eigenvalue weighted by molar-refractivity contribution is 7.13. The molecule has 0 radical (unpaired) electrons. The number of carbonyl (C=O) groups excluding carboxylic acids is 1. The molecule has 2 heterocycles. The van der Waals surface area contributed by atoms with E-state index >= 15 is 0 Å². The number of furan rings is 1. The first-order valence-electron chi connectivity index (χ1n) is 7.52. The summed E-state index contributed by atoms with van der Waals surface area (Å²) in [5.74, 6) is 0.0165. The molecular formula is C17H11N5O4S. The number of hydrogen-bond acceptors (Lipinski definition) is 8. The van der Waals surface area contributed by atoms with Crippen LogP contribution in [0.5, 0.6) is 0 Å². The third-order valence-electron chi connectivity index (χ3n) is 3.56. The van der Waals surface area contributed by atoms with Crippen LogP contribution < -0.4 is 5.32 Å². The van der Waals surface area contributed by atoms with Crippen LogP contribution in [0.2, 0.25) is 0 Å². The van der Waals surface area contributed by atoms with Gasteiger partial charge >= 0.3 is 0 Å². The fourth-order valence-corrected chi connectivity index (χ4v) is 2.69. The van der Waals surface area contributed by atoms with E-state index < -0.39 is 10.8 Å². The van der Waals surface area contributed by atoms with Crippen LogP contribution in [0.15, 0.2) is 45.8 Å². The van der Waals surface area contributed by atoms with Crippen LogP contribution in [0.1, 0.15) is 11.3 Å². The molecule has 0 aliphatic heterocycles. The number of nitro groups is 1. The van der Waals surface area contributed by atoms with Gasteiger partial charge in [-0.2, -0.15) is 5.26 Å². The van der Waals surface area contributed by atoms with E-state index in [2.05, 4.69) is 15.5 Å². The molecular weight excluding hydrogens is 370 g/mol. The molecule has 0 unspecified atom stereocenters. The van der Waals surface area contributed by atoms with E-state index in [1.807, 2.05) is 0 Å². The Morgan fingerprint density at radius 1 is 1.41 bits per heavy atom. The van der Waals surface area contributed by atoms with E-state index in [0.717, 1.165) is 16.9 Å². The number of aromatic nitrogens is 2. The minimum Gasteiger partial charge on any atom is -0.457 e. The van der Waals surface area contributed by atoms with Crippen LogP contribution in [0.25, 0.3) is 17.4 Å². The molecule has 0 saturated carbocycles. The van der Waals surface area contributed by atoms with Crippen LogP contribution in [-0.2, 0) is 4.79 Å². The highest BCUT2D eigenvalue weighted by Crippen LogP contribution is 2.29. The van der Waals surface area contributed by atoms with Crippen LogP contribution in [0, 0.1) is 28.4 Å². The van der Waals surface area contributed by atoms with Crippen molar-refractivity contribution in [2.24, 2.45) is 0 Å². The number of nitrogens with zero attached hydrogens (tertiary/aromatic N) is 4. The Balaban J connectivity index is 1.88.